The van der Waals surface area contributed by atoms with Crippen molar-refractivity contribution in [3.8, 4) is 11.5 Å². The van der Waals surface area contributed by atoms with E-state index in [1.165, 1.54) is 0 Å². The number of aromatic amines is 1. The van der Waals surface area contributed by atoms with Crippen LogP contribution in [0.2, 0.25) is 0 Å². The van der Waals surface area contributed by atoms with Gasteiger partial charge in [-0.3, -0.25) is 5.10 Å². The van der Waals surface area contributed by atoms with E-state index in [1.807, 2.05) is 61.5 Å². The summed E-state index contributed by atoms with van der Waals surface area (Å²) in [4.78, 5) is 0. The Balaban J connectivity index is 1.81. The van der Waals surface area contributed by atoms with Gasteiger partial charge in [0.25, 0.3) is 0 Å². The van der Waals surface area contributed by atoms with Crippen LogP contribution in [-0.4, -0.2) is 21.1 Å². The molecule has 0 aliphatic heterocycles. The highest BCUT2D eigenvalue weighted by atomic mass is 32.1. The first kappa shape index (κ1) is 15.2. The number of nitrogens with zero attached hydrogens (tertiary/aromatic N) is 3. The van der Waals surface area contributed by atoms with E-state index in [4.69, 9.17) is 17.0 Å². The molecule has 0 atom stereocenters. The average Bonchev–Trinajstić information content (AvgIpc) is 2.94. The number of rotatable bonds is 5. The van der Waals surface area contributed by atoms with Crippen molar-refractivity contribution < 1.29 is 4.74 Å². The number of para-hydroxylation sites is 1. The Hall–Kier alpha value is -2.73. The molecule has 0 amide bonds. The van der Waals surface area contributed by atoms with Gasteiger partial charge in [-0.1, -0.05) is 37.3 Å². The first-order valence-electron chi connectivity index (χ1n) is 7.30. The predicted molar refractivity (Wildman–Crippen MR) is 92.7 cm³/mol. The average molecular weight is 324 g/mol. The molecule has 1 heterocycles. The summed E-state index contributed by atoms with van der Waals surface area (Å²) in [5.74, 6) is 2.35. The molecule has 3 rings (SSSR count). The van der Waals surface area contributed by atoms with Gasteiger partial charge in [-0.25, -0.2) is 0 Å². The molecule has 0 saturated heterocycles. The maximum absolute atomic E-state index is 5.82. The summed E-state index contributed by atoms with van der Waals surface area (Å²) in [7, 11) is 0. The molecule has 0 spiro atoms. The number of benzene rings is 2. The van der Waals surface area contributed by atoms with Gasteiger partial charge in [0, 0.05) is 6.42 Å². The molecule has 0 radical (unpaired) electrons. The molecule has 0 bridgehead atoms. The van der Waals surface area contributed by atoms with E-state index in [9.17, 15) is 0 Å². The fourth-order valence-corrected chi connectivity index (χ4v) is 2.28. The van der Waals surface area contributed by atoms with Crippen molar-refractivity contribution in [2.45, 2.75) is 13.3 Å². The van der Waals surface area contributed by atoms with Crippen molar-refractivity contribution in [3.63, 3.8) is 0 Å². The molecule has 0 aliphatic rings. The van der Waals surface area contributed by atoms with Crippen LogP contribution in [0, 0.1) is 4.77 Å². The molecule has 0 saturated carbocycles. The van der Waals surface area contributed by atoms with Crippen LogP contribution in [0.5, 0.6) is 11.5 Å². The zero-order valence-corrected chi connectivity index (χ0v) is 13.5. The van der Waals surface area contributed by atoms with Crippen LogP contribution in [0.3, 0.4) is 0 Å². The second kappa shape index (κ2) is 7.02. The molecule has 23 heavy (non-hydrogen) atoms. The van der Waals surface area contributed by atoms with Gasteiger partial charge < -0.3 is 4.74 Å². The minimum absolute atomic E-state index is 0.481. The van der Waals surface area contributed by atoms with Crippen LogP contribution in [-0.2, 0) is 6.42 Å². The largest absolute Gasteiger partial charge is 0.457 e. The lowest BCUT2D eigenvalue weighted by molar-refractivity contribution is 0.482. The summed E-state index contributed by atoms with van der Waals surface area (Å²) in [6, 6.07) is 17.4. The van der Waals surface area contributed by atoms with Gasteiger partial charge in [0.2, 0.25) is 4.77 Å². The summed E-state index contributed by atoms with van der Waals surface area (Å²) >= 11 is 5.17. The molecule has 1 aromatic heterocycles. The molecule has 0 aliphatic carbocycles. The SMILES string of the molecule is CCc1n[nH]c(=S)n1N=Cc1cccc(Oc2ccccc2)c1. The zero-order chi connectivity index (χ0) is 16.1. The molecular weight excluding hydrogens is 308 g/mol. The monoisotopic (exact) mass is 324 g/mol. The number of nitrogens with one attached hydrogen (secondary N) is 1. The summed E-state index contributed by atoms with van der Waals surface area (Å²) in [6.07, 6.45) is 2.49. The Labute approximate surface area is 139 Å². The Morgan fingerprint density at radius 1 is 1.17 bits per heavy atom. The number of H-pyrrole nitrogens is 1. The van der Waals surface area contributed by atoms with E-state index in [0.717, 1.165) is 29.3 Å². The third-order valence-electron chi connectivity index (χ3n) is 3.19. The fourth-order valence-electron chi connectivity index (χ4n) is 2.08. The molecule has 6 heteroatoms. The second-order valence-electron chi connectivity index (χ2n) is 4.84. The second-order valence-corrected chi connectivity index (χ2v) is 5.23. The summed E-state index contributed by atoms with van der Waals surface area (Å²) < 4.78 is 7.92. The predicted octanol–water partition coefficient (Wildman–Crippen LogP) is 4.18. The molecule has 0 unspecified atom stereocenters. The maximum atomic E-state index is 5.82. The lowest BCUT2D eigenvalue weighted by Crippen LogP contribution is -1.97. The minimum atomic E-state index is 0.481. The highest BCUT2D eigenvalue weighted by Gasteiger charge is 2.02. The standard InChI is InChI=1S/C17H16N4OS/c1-2-16-19-20-17(23)21(16)18-12-13-7-6-10-15(11-13)22-14-8-4-3-5-9-14/h3-12H,2H2,1H3,(H,20,23). The molecule has 5 nitrogen and oxygen atoms in total. The molecular formula is C17H16N4OS. The first-order chi connectivity index (χ1) is 11.3. The van der Waals surface area contributed by atoms with E-state index in [-0.39, 0.29) is 0 Å². The Morgan fingerprint density at radius 3 is 2.74 bits per heavy atom. The van der Waals surface area contributed by atoms with E-state index in [1.54, 1.807) is 10.9 Å². The van der Waals surface area contributed by atoms with Crippen LogP contribution >= 0.6 is 12.2 Å². The highest BCUT2D eigenvalue weighted by Crippen LogP contribution is 2.21. The van der Waals surface area contributed by atoms with Crippen molar-refractivity contribution in [1.29, 1.82) is 0 Å². The van der Waals surface area contributed by atoms with Crippen molar-refractivity contribution in [2.24, 2.45) is 5.10 Å². The van der Waals surface area contributed by atoms with Crippen LogP contribution in [0.1, 0.15) is 18.3 Å². The van der Waals surface area contributed by atoms with Gasteiger partial charge in [-0.15, -0.1) is 0 Å². The lowest BCUT2D eigenvalue weighted by atomic mass is 10.2. The maximum Gasteiger partial charge on any atom is 0.216 e. The van der Waals surface area contributed by atoms with Crippen LogP contribution in [0.4, 0.5) is 0 Å². The first-order valence-corrected chi connectivity index (χ1v) is 7.70. The Bertz CT molecular complexity index is 868. The normalized spacial score (nSPS) is 11.0. The van der Waals surface area contributed by atoms with Crippen LogP contribution < -0.4 is 4.74 Å². The molecule has 116 valence electrons. The number of hydrogen-bond acceptors (Lipinski definition) is 4. The number of ether oxygens (including phenoxy) is 1. The number of hydrogen-bond donors (Lipinski definition) is 1. The topological polar surface area (TPSA) is 55.2 Å². The molecule has 1 N–H and O–H groups in total. The van der Waals surface area contributed by atoms with Gasteiger partial charge in [-0.2, -0.15) is 14.9 Å². The van der Waals surface area contributed by atoms with Gasteiger partial charge in [0.1, 0.15) is 11.5 Å². The Kier molecular flexibility index (Phi) is 4.63. The van der Waals surface area contributed by atoms with Gasteiger partial charge in [0.15, 0.2) is 5.82 Å². The lowest BCUT2D eigenvalue weighted by Gasteiger charge is -2.05. The van der Waals surface area contributed by atoms with Crippen molar-refractivity contribution in [3.05, 3.63) is 70.8 Å². The van der Waals surface area contributed by atoms with E-state index in [0.29, 0.717) is 4.77 Å². The quantitative estimate of drug-likeness (QED) is 0.566. The molecule has 2 aromatic carbocycles. The third kappa shape index (κ3) is 3.73. The summed E-state index contributed by atoms with van der Waals surface area (Å²) in [5.41, 5.74) is 0.920. The number of aromatic nitrogens is 3. The van der Waals surface area contributed by atoms with Crippen LogP contribution in [0.15, 0.2) is 59.7 Å². The van der Waals surface area contributed by atoms with Crippen LogP contribution in [0.25, 0.3) is 0 Å². The third-order valence-corrected chi connectivity index (χ3v) is 3.46. The smallest absolute Gasteiger partial charge is 0.216 e. The minimum Gasteiger partial charge on any atom is -0.457 e. The zero-order valence-electron chi connectivity index (χ0n) is 12.6. The van der Waals surface area contributed by atoms with Crippen molar-refractivity contribution in [1.82, 2.24) is 14.9 Å². The van der Waals surface area contributed by atoms with Gasteiger partial charge in [0.05, 0.1) is 6.21 Å². The van der Waals surface area contributed by atoms with E-state index >= 15 is 0 Å². The van der Waals surface area contributed by atoms with Crippen molar-refractivity contribution >= 4 is 18.4 Å². The highest BCUT2D eigenvalue weighted by molar-refractivity contribution is 7.71. The molecule has 0 fully saturated rings. The van der Waals surface area contributed by atoms with E-state index < -0.39 is 0 Å². The van der Waals surface area contributed by atoms with Gasteiger partial charge >= 0.3 is 0 Å². The molecule has 3 aromatic rings. The van der Waals surface area contributed by atoms with E-state index in [2.05, 4.69) is 15.3 Å². The fraction of sp³-hybridized carbons (Fsp3) is 0.118. The Morgan fingerprint density at radius 2 is 1.96 bits per heavy atom. The summed E-state index contributed by atoms with van der Waals surface area (Å²) in [5, 5.41) is 11.3. The number of aryl methyl sites for hydroxylation is 1. The van der Waals surface area contributed by atoms with Gasteiger partial charge in [-0.05, 0) is 42.0 Å². The summed E-state index contributed by atoms with van der Waals surface area (Å²) in [6.45, 7) is 2.01. The van der Waals surface area contributed by atoms with Crippen molar-refractivity contribution in [2.75, 3.05) is 0 Å².